The summed E-state index contributed by atoms with van der Waals surface area (Å²) >= 11 is 0. The van der Waals surface area contributed by atoms with Crippen LogP contribution in [0.3, 0.4) is 0 Å². The van der Waals surface area contributed by atoms with E-state index in [1.54, 1.807) is 13.8 Å². The van der Waals surface area contributed by atoms with Crippen LogP contribution >= 0.6 is 0 Å². The van der Waals surface area contributed by atoms with Gasteiger partial charge in [-0.15, -0.1) is 0 Å². The van der Waals surface area contributed by atoms with Crippen molar-refractivity contribution in [2.45, 2.75) is 104 Å². The quantitative estimate of drug-likeness (QED) is 0.459. The molecule has 3 N–H and O–H groups in total. The van der Waals surface area contributed by atoms with Gasteiger partial charge in [-0.2, -0.15) is 0 Å². The number of fused-ring (bicyclic) bond motifs is 3. The van der Waals surface area contributed by atoms with Crippen molar-refractivity contribution in [3.8, 4) is 0 Å². The Morgan fingerprint density at radius 3 is 2.47 bits per heavy atom. The zero-order chi connectivity index (χ0) is 25.6. The lowest BCUT2D eigenvalue weighted by atomic mass is 9.70. The van der Waals surface area contributed by atoms with E-state index in [-0.39, 0.29) is 47.6 Å². The molecular formula is C28H45NO5. The fourth-order valence-electron chi connectivity index (χ4n) is 5.73. The molecule has 0 aromatic heterocycles. The van der Waals surface area contributed by atoms with Crippen LogP contribution in [0.2, 0.25) is 0 Å². The molecule has 2 aliphatic carbocycles. The first kappa shape index (κ1) is 28.4. The van der Waals surface area contributed by atoms with Crippen LogP contribution in [0, 0.1) is 29.6 Å². The number of Topliss-reactive ketones (excluding diaryl/α,β-unsaturated/α-hetero) is 2. The topological polar surface area (TPSA) is 107 Å². The lowest BCUT2D eigenvalue weighted by molar-refractivity contribution is -0.156. The normalized spacial score (nSPS) is 37.4. The van der Waals surface area contributed by atoms with Crippen molar-refractivity contribution in [1.82, 2.24) is 0 Å². The van der Waals surface area contributed by atoms with Gasteiger partial charge in [-0.25, -0.2) is 0 Å². The number of esters is 1. The Hall–Kier alpha value is -1.79. The second kappa shape index (κ2) is 12.3. The molecule has 0 radical (unpaired) electrons. The minimum atomic E-state index is -1.14. The molecule has 34 heavy (non-hydrogen) atoms. The van der Waals surface area contributed by atoms with Crippen molar-refractivity contribution in [3.05, 3.63) is 23.8 Å². The number of carbonyl (C=O) groups is 3. The number of hydrogen-bond donors (Lipinski definition) is 2. The lowest BCUT2D eigenvalue weighted by Gasteiger charge is -2.38. The molecule has 1 fully saturated rings. The summed E-state index contributed by atoms with van der Waals surface area (Å²) in [7, 11) is 0. The van der Waals surface area contributed by atoms with Crippen molar-refractivity contribution in [1.29, 1.82) is 0 Å². The summed E-state index contributed by atoms with van der Waals surface area (Å²) in [6, 6.07) is 0. The molecule has 1 heterocycles. The number of nitrogens with two attached hydrogens (primary N) is 1. The average Bonchev–Trinajstić information content (AvgIpc) is 3.06. The number of aliphatic hydroxyl groups excluding tert-OH is 1. The Morgan fingerprint density at radius 2 is 1.85 bits per heavy atom. The molecule has 3 rings (SSSR count). The zero-order valence-electron chi connectivity index (χ0n) is 21.9. The first-order valence-electron chi connectivity index (χ1n) is 13.1. The molecule has 6 nitrogen and oxygen atoms in total. The van der Waals surface area contributed by atoms with Gasteiger partial charge in [0.25, 0.3) is 0 Å². The van der Waals surface area contributed by atoms with E-state index in [0.717, 1.165) is 25.7 Å². The summed E-state index contributed by atoms with van der Waals surface area (Å²) < 4.78 is 5.67. The first-order valence-corrected chi connectivity index (χ1v) is 13.1. The highest BCUT2D eigenvalue weighted by Gasteiger charge is 2.52. The summed E-state index contributed by atoms with van der Waals surface area (Å²) in [6.07, 6.45) is 9.02. The number of allylic oxidation sites excluding steroid dienone is 2. The Labute approximate surface area is 205 Å². The number of ether oxygens (including phenoxy) is 1. The van der Waals surface area contributed by atoms with E-state index in [0.29, 0.717) is 18.4 Å². The van der Waals surface area contributed by atoms with E-state index in [1.807, 2.05) is 39.0 Å². The van der Waals surface area contributed by atoms with Gasteiger partial charge in [0.2, 0.25) is 0 Å². The maximum Gasteiger partial charge on any atom is 0.308 e. The second-order valence-corrected chi connectivity index (χ2v) is 10.5. The minimum absolute atomic E-state index is 0.0177. The van der Waals surface area contributed by atoms with E-state index in [2.05, 4.69) is 6.92 Å². The molecule has 0 spiro atoms. The van der Waals surface area contributed by atoms with Gasteiger partial charge >= 0.3 is 5.97 Å². The van der Waals surface area contributed by atoms with Gasteiger partial charge in [0, 0.05) is 23.8 Å². The maximum atomic E-state index is 13.6. The Morgan fingerprint density at radius 1 is 1.21 bits per heavy atom. The smallest absolute Gasteiger partial charge is 0.308 e. The van der Waals surface area contributed by atoms with Gasteiger partial charge in [0.05, 0.1) is 18.1 Å². The number of carbonyl (C=O) groups excluding carboxylic acids is 3. The molecule has 0 amide bonds. The average molecular weight is 476 g/mol. The number of rotatable bonds is 3. The van der Waals surface area contributed by atoms with Gasteiger partial charge < -0.3 is 20.4 Å². The Balaban J connectivity index is 0.00000199. The van der Waals surface area contributed by atoms with Crippen LogP contribution in [0.1, 0.15) is 86.5 Å². The fraction of sp³-hybridized carbons (Fsp3) is 0.750. The number of cyclic esters (lactones) is 1. The molecular weight excluding hydrogens is 430 g/mol. The Bertz CT molecular complexity index is 801. The SMILES string of the molecule is CC.CC(=O)CC1C=CC2C(C=C3C(=O)C(C)C(C)CCCCC(C(C)O)OC(=O)CC32N)C1. The highest BCUT2D eigenvalue weighted by Crippen LogP contribution is 2.48. The third-order valence-electron chi connectivity index (χ3n) is 7.84. The molecule has 0 saturated carbocycles. The third kappa shape index (κ3) is 6.45. The minimum Gasteiger partial charge on any atom is -0.460 e. The van der Waals surface area contributed by atoms with E-state index < -0.39 is 23.7 Å². The maximum absolute atomic E-state index is 13.6. The predicted octanol–water partition coefficient (Wildman–Crippen LogP) is 4.54. The van der Waals surface area contributed by atoms with Crippen molar-refractivity contribution >= 4 is 17.5 Å². The molecule has 6 heteroatoms. The van der Waals surface area contributed by atoms with Crippen molar-refractivity contribution in [2.75, 3.05) is 0 Å². The van der Waals surface area contributed by atoms with Gasteiger partial charge in [-0.3, -0.25) is 9.59 Å². The molecule has 8 unspecified atom stereocenters. The van der Waals surface area contributed by atoms with Crippen molar-refractivity contribution in [3.63, 3.8) is 0 Å². The first-order chi connectivity index (χ1) is 16.0. The van der Waals surface area contributed by atoms with E-state index in [4.69, 9.17) is 10.5 Å². The summed E-state index contributed by atoms with van der Waals surface area (Å²) in [5.41, 5.74) is 6.32. The van der Waals surface area contributed by atoms with Crippen LogP contribution in [0.25, 0.3) is 0 Å². The second-order valence-electron chi connectivity index (χ2n) is 10.5. The van der Waals surface area contributed by atoms with E-state index >= 15 is 0 Å². The molecule has 0 bridgehead atoms. The third-order valence-corrected chi connectivity index (χ3v) is 7.84. The van der Waals surface area contributed by atoms with Gasteiger partial charge in [-0.05, 0) is 50.9 Å². The monoisotopic (exact) mass is 475 g/mol. The van der Waals surface area contributed by atoms with E-state index in [1.165, 1.54) is 0 Å². The molecule has 0 aromatic carbocycles. The van der Waals surface area contributed by atoms with E-state index in [9.17, 15) is 19.5 Å². The number of aliphatic hydroxyl groups is 1. The number of hydrogen-bond acceptors (Lipinski definition) is 6. The van der Waals surface area contributed by atoms with Crippen LogP contribution in [-0.4, -0.2) is 40.4 Å². The van der Waals surface area contributed by atoms with Gasteiger partial charge in [0.1, 0.15) is 11.9 Å². The molecule has 1 aliphatic heterocycles. The Kier molecular flexibility index (Phi) is 10.3. The highest BCUT2D eigenvalue weighted by atomic mass is 16.6. The van der Waals surface area contributed by atoms with Crippen LogP contribution in [0.15, 0.2) is 23.8 Å². The largest absolute Gasteiger partial charge is 0.460 e. The molecule has 1 saturated heterocycles. The standard InChI is InChI=1S/C26H39NO5.C2H6/c1-15-7-5-6-8-23(18(4)29)32-24(30)14-26(27)21-10-9-19(11-16(2)28)12-20(21)13-22(26)25(31)17(15)3;1-2/h9-10,13,15,17-21,23,29H,5-8,11-12,14,27H2,1-4H3;1-2H3. The van der Waals surface area contributed by atoms with Gasteiger partial charge in [0.15, 0.2) is 5.78 Å². The zero-order valence-corrected chi connectivity index (χ0v) is 21.9. The van der Waals surface area contributed by atoms with Crippen molar-refractivity contribution in [2.24, 2.45) is 35.3 Å². The summed E-state index contributed by atoms with van der Waals surface area (Å²) in [6.45, 7) is 11.3. The van der Waals surface area contributed by atoms with Crippen LogP contribution in [0.5, 0.6) is 0 Å². The number of ketones is 2. The van der Waals surface area contributed by atoms with Crippen LogP contribution < -0.4 is 5.73 Å². The molecule has 192 valence electrons. The summed E-state index contributed by atoms with van der Waals surface area (Å²) in [4.78, 5) is 38.2. The van der Waals surface area contributed by atoms with Crippen LogP contribution in [0.4, 0.5) is 0 Å². The van der Waals surface area contributed by atoms with Gasteiger partial charge in [-0.1, -0.05) is 58.8 Å². The van der Waals surface area contributed by atoms with Crippen molar-refractivity contribution < 1.29 is 24.2 Å². The highest BCUT2D eigenvalue weighted by molar-refractivity contribution is 6.01. The summed E-state index contributed by atoms with van der Waals surface area (Å²) in [5.74, 6) is -0.359. The molecule has 3 aliphatic rings. The molecule has 8 atom stereocenters. The molecule has 0 aromatic rings. The fourth-order valence-corrected chi connectivity index (χ4v) is 5.73. The lowest BCUT2D eigenvalue weighted by Crippen LogP contribution is -2.52. The predicted molar refractivity (Wildman–Crippen MR) is 134 cm³/mol. The summed E-state index contributed by atoms with van der Waals surface area (Å²) in [5, 5.41) is 10.1. The van der Waals surface area contributed by atoms with Crippen LogP contribution in [-0.2, 0) is 19.1 Å².